The Balaban J connectivity index is 1.76. The zero-order valence-electron chi connectivity index (χ0n) is 13.9. The molecule has 0 spiro atoms. The molecule has 0 aromatic carbocycles. The number of likely N-dealkylation sites (N-methyl/N-ethyl adjacent to an activating group) is 1. The van der Waals surface area contributed by atoms with Crippen LogP contribution in [-0.2, 0) is 4.74 Å². The molecular formula is C17H31N3O. The fraction of sp³-hybridized carbons (Fsp3) is 0.941. The van der Waals surface area contributed by atoms with E-state index >= 15 is 0 Å². The fourth-order valence-corrected chi connectivity index (χ4v) is 3.37. The van der Waals surface area contributed by atoms with Gasteiger partial charge < -0.3 is 9.64 Å². The molecule has 0 radical (unpaired) electrons. The molecule has 120 valence electrons. The Bertz CT molecular complexity index is 362. The lowest BCUT2D eigenvalue weighted by molar-refractivity contribution is 0.0737. The molecule has 2 aliphatic rings. The van der Waals surface area contributed by atoms with Crippen LogP contribution in [0.15, 0.2) is 0 Å². The lowest BCUT2D eigenvalue weighted by Gasteiger charge is -2.41. The van der Waals surface area contributed by atoms with Gasteiger partial charge in [-0.2, -0.15) is 5.26 Å². The topological polar surface area (TPSA) is 48.3 Å². The van der Waals surface area contributed by atoms with Crippen LogP contribution in [0.25, 0.3) is 0 Å². The Kier molecular flexibility index (Phi) is 6.04. The Hall–Kier alpha value is -0.630. The highest BCUT2D eigenvalue weighted by Crippen LogP contribution is 2.31. The second-order valence-corrected chi connectivity index (χ2v) is 7.24. The maximum Gasteiger partial charge on any atom is 0.108 e. The summed E-state index contributed by atoms with van der Waals surface area (Å²) in [7, 11) is 2.17. The number of nitrogens with zero attached hydrogens (tertiary/aromatic N) is 2. The molecule has 0 amide bonds. The number of hydrogen-bond acceptors (Lipinski definition) is 4. The monoisotopic (exact) mass is 293 g/mol. The van der Waals surface area contributed by atoms with E-state index in [0.717, 1.165) is 44.9 Å². The van der Waals surface area contributed by atoms with Crippen LogP contribution in [0.4, 0.5) is 0 Å². The zero-order valence-corrected chi connectivity index (χ0v) is 13.9. The molecule has 0 aromatic heterocycles. The third-order valence-corrected chi connectivity index (χ3v) is 4.77. The van der Waals surface area contributed by atoms with Crippen LogP contribution in [0.3, 0.4) is 0 Å². The molecule has 0 bridgehead atoms. The maximum atomic E-state index is 9.62. The van der Waals surface area contributed by atoms with Gasteiger partial charge in [0, 0.05) is 25.2 Å². The average molecular weight is 293 g/mol. The summed E-state index contributed by atoms with van der Waals surface area (Å²) in [5, 5.41) is 13.1. The smallest absolute Gasteiger partial charge is 0.108 e. The van der Waals surface area contributed by atoms with Crippen LogP contribution >= 0.6 is 0 Å². The lowest BCUT2D eigenvalue weighted by Crippen LogP contribution is -2.54. The first-order valence-corrected chi connectivity index (χ1v) is 8.51. The van der Waals surface area contributed by atoms with E-state index in [4.69, 9.17) is 4.74 Å². The van der Waals surface area contributed by atoms with E-state index < -0.39 is 0 Å². The molecular weight excluding hydrogens is 262 g/mol. The Labute approximate surface area is 129 Å². The van der Waals surface area contributed by atoms with Gasteiger partial charge in [-0.1, -0.05) is 0 Å². The van der Waals surface area contributed by atoms with Crippen molar-refractivity contribution in [1.29, 1.82) is 5.26 Å². The second-order valence-electron chi connectivity index (χ2n) is 7.24. The Morgan fingerprint density at radius 2 is 2.14 bits per heavy atom. The summed E-state index contributed by atoms with van der Waals surface area (Å²) in [4.78, 5) is 2.39. The van der Waals surface area contributed by atoms with E-state index in [9.17, 15) is 5.26 Å². The molecule has 2 atom stereocenters. The predicted molar refractivity (Wildman–Crippen MR) is 85.0 cm³/mol. The first-order chi connectivity index (χ1) is 10.0. The molecule has 2 rings (SSSR count). The fourth-order valence-electron chi connectivity index (χ4n) is 3.37. The van der Waals surface area contributed by atoms with Crippen LogP contribution in [0.5, 0.6) is 0 Å². The number of hydrogen-bond donors (Lipinski definition) is 1. The summed E-state index contributed by atoms with van der Waals surface area (Å²) in [6, 6.07) is 3.41. The highest BCUT2D eigenvalue weighted by Gasteiger charge is 2.38. The largest absolute Gasteiger partial charge is 0.380 e. The Morgan fingerprint density at radius 3 is 2.76 bits per heavy atom. The molecule has 2 saturated carbocycles. The van der Waals surface area contributed by atoms with Crippen LogP contribution in [0.2, 0.25) is 0 Å². The van der Waals surface area contributed by atoms with Crippen LogP contribution in [0, 0.1) is 17.2 Å². The van der Waals surface area contributed by atoms with Gasteiger partial charge in [0.25, 0.3) is 0 Å². The number of nitrogens with one attached hydrogen (secondary N) is 1. The summed E-state index contributed by atoms with van der Waals surface area (Å²) < 4.78 is 5.74. The van der Waals surface area contributed by atoms with Gasteiger partial charge in [0.05, 0.1) is 12.7 Å². The van der Waals surface area contributed by atoms with E-state index in [1.54, 1.807) is 0 Å². The summed E-state index contributed by atoms with van der Waals surface area (Å²) in [6.07, 6.45) is 6.94. The quantitative estimate of drug-likeness (QED) is 0.699. The van der Waals surface area contributed by atoms with Crippen molar-refractivity contribution in [3.05, 3.63) is 0 Å². The standard InChI is InChI=1S/C17H31N3O/c1-14(2)19-17(13-18)8-4-5-16(11-17)20(3)9-10-21-12-15-6-7-15/h14-16,19H,4-12H2,1-3H3. The second kappa shape index (κ2) is 7.58. The van der Waals surface area contributed by atoms with E-state index in [0.29, 0.717) is 12.1 Å². The minimum atomic E-state index is -0.333. The normalized spacial score (nSPS) is 29.8. The summed E-state index contributed by atoms with van der Waals surface area (Å²) in [5.74, 6) is 0.839. The molecule has 0 saturated heterocycles. The van der Waals surface area contributed by atoms with Crippen molar-refractivity contribution in [2.45, 2.75) is 70.0 Å². The predicted octanol–water partition coefficient (Wildman–Crippen LogP) is 2.55. The van der Waals surface area contributed by atoms with Crippen molar-refractivity contribution in [1.82, 2.24) is 10.2 Å². The first kappa shape index (κ1) is 16.7. The summed E-state index contributed by atoms with van der Waals surface area (Å²) in [6.45, 7) is 6.98. The van der Waals surface area contributed by atoms with Crippen molar-refractivity contribution in [2.24, 2.45) is 5.92 Å². The van der Waals surface area contributed by atoms with E-state index in [2.05, 4.69) is 37.2 Å². The SMILES string of the molecule is CC(C)NC1(C#N)CCCC(N(C)CCOCC2CC2)C1. The molecule has 2 aliphatic carbocycles. The summed E-state index contributed by atoms with van der Waals surface area (Å²) >= 11 is 0. The van der Waals surface area contributed by atoms with Gasteiger partial charge in [0.1, 0.15) is 5.54 Å². The van der Waals surface area contributed by atoms with E-state index in [1.165, 1.54) is 19.3 Å². The molecule has 0 heterocycles. The van der Waals surface area contributed by atoms with Crippen LogP contribution < -0.4 is 5.32 Å². The number of nitriles is 1. The maximum absolute atomic E-state index is 9.62. The van der Waals surface area contributed by atoms with Gasteiger partial charge in [0.2, 0.25) is 0 Å². The third kappa shape index (κ3) is 5.25. The molecule has 0 aromatic rings. The van der Waals surface area contributed by atoms with Crippen molar-refractivity contribution in [3.63, 3.8) is 0 Å². The van der Waals surface area contributed by atoms with Crippen molar-refractivity contribution in [3.8, 4) is 6.07 Å². The van der Waals surface area contributed by atoms with Gasteiger partial charge in [-0.15, -0.1) is 0 Å². The average Bonchev–Trinajstić information content (AvgIpc) is 3.27. The molecule has 2 fully saturated rings. The first-order valence-electron chi connectivity index (χ1n) is 8.51. The number of rotatable bonds is 8. The third-order valence-electron chi connectivity index (χ3n) is 4.77. The molecule has 4 nitrogen and oxygen atoms in total. The Morgan fingerprint density at radius 1 is 1.38 bits per heavy atom. The lowest BCUT2D eigenvalue weighted by atomic mass is 9.79. The van der Waals surface area contributed by atoms with Crippen LogP contribution in [-0.4, -0.2) is 49.3 Å². The summed E-state index contributed by atoms with van der Waals surface area (Å²) in [5.41, 5.74) is -0.333. The minimum Gasteiger partial charge on any atom is -0.380 e. The molecule has 4 heteroatoms. The molecule has 2 unspecified atom stereocenters. The molecule has 1 N–H and O–H groups in total. The highest BCUT2D eigenvalue weighted by molar-refractivity contribution is 5.11. The number of ether oxygens (including phenoxy) is 1. The highest BCUT2D eigenvalue weighted by atomic mass is 16.5. The molecule has 21 heavy (non-hydrogen) atoms. The van der Waals surface area contributed by atoms with Gasteiger partial charge in [-0.25, -0.2) is 0 Å². The zero-order chi connectivity index (χ0) is 15.3. The van der Waals surface area contributed by atoms with E-state index in [-0.39, 0.29) is 5.54 Å². The van der Waals surface area contributed by atoms with Crippen molar-refractivity contribution in [2.75, 3.05) is 26.8 Å². The van der Waals surface area contributed by atoms with E-state index in [1.807, 2.05) is 0 Å². The van der Waals surface area contributed by atoms with Crippen LogP contribution in [0.1, 0.15) is 52.4 Å². The van der Waals surface area contributed by atoms with Gasteiger partial charge >= 0.3 is 0 Å². The van der Waals surface area contributed by atoms with Crippen molar-refractivity contribution >= 4 is 0 Å². The van der Waals surface area contributed by atoms with Gasteiger partial charge in [-0.3, -0.25) is 5.32 Å². The van der Waals surface area contributed by atoms with Crippen molar-refractivity contribution < 1.29 is 4.74 Å². The van der Waals surface area contributed by atoms with Gasteiger partial charge in [0.15, 0.2) is 0 Å². The molecule has 0 aliphatic heterocycles. The van der Waals surface area contributed by atoms with Gasteiger partial charge in [-0.05, 0) is 65.3 Å². The minimum absolute atomic E-state index is 0.333.